The van der Waals surface area contributed by atoms with Gasteiger partial charge in [0.15, 0.2) is 0 Å². The molecule has 0 spiro atoms. The maximum atomic E-state index is 13.4. The fourth-order valence-electron chi connectivity index (χ4n) is 3.69. The van der Waals surface area contributed by atoms with Crippen LogP contribution in [0.1, 0.15) is 36.5 Å². The van der Waals surface area contributed by atoms with Crippen LogP contribution in [-0.4, -0.2) is 23.0 Å². The molecule has 0 bridgehead atoms. The van der Waals surface area contributed by atoms with Crippen molar-refractivity contribution in [2.75, 3.05) is 0 Å². The Kier molecular flexibility index (Phi) is 7.02. The lowest BCUT2D eigenvalue weighted by molar-refractivity contribution is -0.142. The molecule has 0 unspecified atom stereocenters. The van der Waals surface area contributed by atoms with Crippen LogP contribution < -0.4 is 5.32 Å². The molecule has 0 saturated carbocycles. The second-order valence-electron chi connectivity index (χ2n) is 7.60. The van der Waals surface area contributed by atoms with Gasteiger partial charge in [0.05, 0.1) is 5.41 Å². The summed E-state index contributed by atoms with van der Waals surface area (Å²) in [6, 6.07) is 28.0. The molecule has 0 aromatic heterocycles. The molecule has 0 aliphatic heterocycles. The number of amides is 1. The highest BCUT2D eigenvalue weighted by atomic mass is 16.4. The first kappa shape index (κ1) is 21.3. The Morgan fingerprint density at radius 1 is 0.833 bits per heavy atom. The molecule has 4 nitrogen and oxygen atoms in total. The quantitative estimate of drug-likeness (QED) is 0.551. The van der Waals surface area contributed by atoms with Crippen molar-refractivity contribution in [3.63, 3.8) is 0 Å². The molecule has 3 aromatic carbocycles. The van der Waals surface area contributed by atoms with E-state index in [9.17, 15) is 14.7 Å². The van der Waals surface area contributed by atoms with Crippen molar-refractivity contribution in [1.29, 1.82) is 0 Å². The molecule has 1 atom stereocenters. The summed E-state index contributed by atoms with van der Waals surface area (Å²) in [5.41, 5.74) is 1.81. The monoisotopic (exact) mass is 401 g/mol. The van der Waals surface area contributed by atoms with E-state index in [2.05, 4.69) is 5.32 Å². The summed E-state index contributed by atoms with van der Waals surface area (Å²) in [6.45, 7) is 1.84. The van der Waals surface area contributed by atoms with E-state index in [4.69, 9.17) is 0 Å². The van der Waals surface area contributed by atoms with E-state index in [0.717, 1.165) is 23.1 Å². The molecular formula is C26H27NO3. The Hall–Kier alpha value is -3.40. The second-order valence-corrected chi connectivity index (χ2v) is 7.60. The van der Waals surface area contributed by atoms with E-state index >= 15 is 0 Å². The van der Waals surface area contributed by atoms with Gasteiger partial charge in [-0.1, -0.05) is 91.0 Å². The molecule has 30 heavy (non-hydrogen) atoms. The largest absolute Gasteiger partial charge is 0.480 e. The summed E-state index contributed by atoms with van der Waals surface area (Å²) in [5, 5.41) is 12.5. The maximum absolute atomic E-state index is 13.4. The number of carboxylic acid groups (broad SMARTS) is 1. The summed E-state index contributed by atoms with van der Waals surface area (Å²) < 4.78 is 0. The Morgan fingerprint density at radius 3 is 1.77 bits per heavy atom. The Morgan fingerprint density at radius 2 is 1.30 bits per heavy atom. The van der Waals surface area contributed by atoms with Gasteiger partial charge in [-0.15, -0.1) is 0 Å². The van der Waals surface area contributed by atoms with Gasteiger partial charge in [-0.05, 0) is 42.9 Å². The fraction of sp³-hybridized carbons (Fsp3) is 0.231. The predicted octanol–water partition coefficient (Wildman–Crippen LogP) is 4.58. The maximum Gasteiger partial charge on any atom is 0.326 e. The summed E-state index contributed by atoms with van der Waals surface area (Å²) in [5.74, 6) is -1.33. The highest BCUT2D eigenvalue weighted by molar-refractivity contribution is 5.94. The lowest BCUT2D eigenvalue weighted by Gasteiger charge is -2.31. The zero-order chi connectivity index (χ0) is 21.4. The van der Waals surface area contributed by atoms with Crippen LogP contribution in [0, 0.1) is 0 Å². The van der Waals surface area contributed by atoms with Gasteiger partial charge in [0, 0.05) is 0 Å². The average molecular weight is 402 g/mol. The van der Waals surface area contributed by atoms with Gasteiger partial charge < -0.3 is 10.4 Å². The number of carbonyl (C=O) groups is 2. The average Bonchev–Trinajstić information content (AvgIpc) is 2.79. The first-order valence-corrected chi connectivity index (χ1v) is 10.2. The lowest BCUT2D eigenvalue weighted by Crippen LogP contribution is -2.50. The van der Waals surface area contributed by atoms with Crippen molar-refractivity contribution in [2.24, 2.45) is 0 Å². The third-order valence-corrected chi connectivity index (χ3v) is 5.56. The van der Waals surface area contributed by atoms with Crippen molar-refractivity contribution in [1.82, 2.24) is 5.32 Å². The van der Waals surface area contributed by atoms with Crippen LogP contribution in [-0.2, 0) is 21.4 Å². The number of hydrogen-bond acceptors (Lipinski definition) is 2. The van der Waals surface area contributed by atoms with Crippen molar-refractivity contribution >= 4 is 11.9 Å². The van der Waals surface area contributed by atoms with E-state index in [1.807, 2.05) is 97.9 Å². The highest BCUT2D eigenvalue weighted by Gasteiger charge is 2.38. The standard InChI is InChI=1S/C26H27NO3/c1-26(21-15-7-3-8-16-21,22-17-9-4-10-18-22)25(30)27-23(24(28)29)19-11-14-20-12-5-2-6-13-20/h2-10,12-13,15-18,23H,11,14,19H2,1H3,(H,27,30)(H,28,29)/t23-/m0/s1. The van der Waals surface area contributed by atoms with Crippen LogP contribution in [0.5, 0.6) is 0 Å². The summed E-state index contributed by atoms with van der Waals surface area (Å²) in [7, 11) is 0. The second kappa shape index (κ2) is 9.88. The van der Waals surface area contributed by atoms with Crippen molar-refractivity contribution in [2.45, 2.75) is 37.6 Å². The zero-order valence-electron chi connectivity index (χ0n) is 17.1. The molecule has 0 heterocycles. The van der Waals surface area contributed by atoms with Crippen molar-refractivity contribution in [3.05, 3.63) is 108 Å². The normalized spacial score (nSPS) is 12.2. The summed E-state index contributed by atoms with van der Waals surface area (Å²) in [6.07, 6.45) is 1.82. The van der Waals surface area contributed by atoms with E-state index in [1.54, 1.807) is 0 Å². The van der Waals surface area contributed by atoms with E-state index in [-0.39, 0.29) is 5.91 Å². The first-order valence-electron chi connectivity index (χ1n) is 10.2. The van der Waals surface area contributed by atoms with Gasteiger partial charge in [0.1, 0.15) is 6.04 Å². The van der Waals surface area contributed by atoms with Gasteiger partial charge in [0.2, 0.25) is 5.91 Å². The zero-order valence-corrected chi connectivity index (χ0v) is 17.1. The molecule has 3 rings (SSSR count). The number of benzene rings is 3. The molecule has 0 saturated heterocycles. The van der Waals surface area contributed by atoms with E-state index < -0.39 is 17.4 Å². The number of rotatable bonds is 9. The Labute approximate surface area is 177 Å². The molecular weight excluding hydrogens is 374 g/mol. The van der Waals surface area contributed by atoms with Crippen LogP contribution in [0.3, 0.4) is 0 Å². The highest BCUT2D eigenvalue weighted by Crippen LogP contribution is 2.32. The predicted molar refractivity (Wildman–Crippen MR) is 118 cm³/mol. The molecule has 3 aromatic rings. The number of aryl methyl sites for hydroxylation is 1. The molecule has 0 aliphatic carbocycles. The minimum Gasteiger partial charge on any atom is -0.480 e. The lowest BCUT2D eigenvalue weighted by atomic mass is 9.75. The molecule has 0 radical (unpaired) electrons. The molecule has 4 heteroatoms. The Balaban J connectivity index is 1.78. The smallest absolute Gasteiger partial charge is 0.326 e. The van der Waals surface area contributed by atoms with Gasteiger partial charge in [-0.2, -0.15) is 0 Å². The molecule has 1 amide bonds. The first-order chi connectivity index (χ1) is 14.5. The SMILES string of the molecule is CC(C(=O)N[C@@H](CCCc1ccccc1)C(=O)O)(c1ccccc1)c1ccccc1. The van der Waals surface area contributed by atoms with Crippen LogP contribution in [0.4, 0.5) is 0 Å². The van der Waals surface area contributed by atoms with Crippen molar-refractivity contribution in [3.8, 4) is 0 Å². The minimum absolute atomic E-state index is 0.313. The third-order valence-electron chi connectivity index (χ3n) is 5.56. The Bertz CT molecular complexity index is 916. The topological polar surface area (TPSA) is 66.4 Å². The van der Waals surface area contributed by atoms with Crippen LogP contribution in [0.25, 0.3) is 0 Å². The number of nitrogens with one attached hydrogen (secondary N) is 1. The minimum atomic E-state index is -1.01. The van der Waals surface area contributed by atoms with Crippen molar-refractivity contribution < 1.29 is 14.7 Å². The molecule has 154 valence electrons. The summed E-state index contributed by atoms with van der Waals surface area (Å²) in [4.78, 5) is 25.3. The van der Waals surface area contributed by atoms with Crippen LogP contribution >= 0.6 is 0 Å². The molecule has 2 N–H and O–H groups in total. The number of carbonyl (C=O) groups excluding carboxylic acids is 1. The van der Waals surface area contributed by atoms with Gasteiger partial charge in [-0.3, -0.25) is 4.79 Å². The van der Waals surface area contributed by atoms with Crippen LogP contribution in [0.15, 0.2) is 91.0 Å². The summed E-state index contributed by atoms with van der Waals surface area (Å²) >= 11 is 0. The molecule has 0 aliphatic rings. The van der Waals surface area contributed by atoms with Gasteiger partial charge in [0.25, 0.3) is 0 Å². The van der Waals surface area contributed by atoms with Gasteiger partial charge >= 0.3 is 5.97 Å². The van der Waals surface area contributed by atoms with Crippen LogP contribution in [0.2, 0.25) is 0 Å². The number of hydrogen-bond donors (Lipinski definition) is 2. The van der Waals surface area contributed by atoms with E-state index in [1.165, 1.54) is 0 Å². The number of carboxylic acids is 1. The number of aliphatic carboxylic acids is 1. The van der Waals surface area contributed by atoms with Gasteiger partial charge in [-0.25, -0.2) is 4.79 Å². The molecule has 0 fully saturated rings. The fourth-order valence-corrected chi connectivity index (χ4v) is 3.69. The third kappa shape index (κ3) is 4.95. The van der Waals surface area contributed by atoms with E-state index in [0.29, 0.717) is 12.8 Å².